The standard InChI is InChI=1S/C24H16ClN3O3/c1-30-18-9-6-15(7-10-18)12-16(14-26)23(29)27-20-5-3-2-4-19(20)24-28-21-13-17(25)8-11-22(21)31-24/h2-13H,1H3,(H,27,29). The number of nitriles is 1. The summed E-state index contributed by atoms with van der Waals surface area (Å²) in [4.78, 5) is 17.2. The first-order valence-electron chi connectivity index (χ1n) is 9.30. The van der Waals surface area contributed by atoms with Gasteiger partial charge in [-0.05, 0) is 54.1 Å². The van der Waals surface area contributed by atoms with Gasteiger partial charge in [-0.15, -0.1) is 0 Å². The summed E-state index contributed by atoms with van der Waals surface area (Å²) >= 11 is 6.03. The van der Waals surface area contributed by atoms with Crippen LogP contribution >= 0.6 is 11.6 Å². The van der Waals surface area contributed by atoms with E-state index in [1.807, 2.05) is 12.1 Å². The molecule has 1 N–H and O–H groups in total. The van der Waals surface area contributed by atoms with E-state index in [1.165, 1.54) is 6.08 Å². The van der Waals surface area contributed by atoms with Crippen molar-refractivity contribution in [3.05, 3.63) is 82.9 Å². The monoisotopic (exact) mass is 429 g/mol. The largest absolute Gasteiger partial charge is 0.497 e. The van der Waals surface area contributed by atoms with E-state index in [-0.39, 0.29) is 5.57 Å². The average Bonchev–Trinajstić information content (AvgIpc) is 3.21. The number of nitrogens with zero attached hydrogens (tertiary/aromatic N) is 2. The molecule has 31 heavy (non-hydrogen) atoms. The first-order valence-corrected chi connectivity index (χ1v) is 9.68. The van der Waals surface area contributed by atoms with E-state index in [9.17, 15) is 10.1 Å². The second-order valence-corrected chi connectivity index (χ2v) is 7.01. The van der Waals surface area contributed by atoms with Crippen LogP contribution < -0.4 is 10.1 Å². The second-order valence-electron chi connectivity index (χ2n) is 6.57. The summed E-state index contributed by atoms with van der Waals surface area (Å²) in [5, 5.41) is 12.8. The third-order valence-corrected chi connectivity index (χ3v) is 4.78. The number of carbonyl (C=O) groups excluding carboxylic acids is 1. The maximum Gasteiger partial charge on any atom is 0.266 e. The van der Waals surface area contributed by atoms with Crippen molar-refractivity contribution in [2.24, 2.45) is 0 Å². The smallest absolute Gasteiger partial charge is 0.266 e. The molecule has 0 aliphatic carbocycles. The molecule has 0 radical (unpaired) electrons. The van der Waals surface area contributed by atoms with Gasteiger partial charge in [-0.25, -0.2) is 4.98 Å². The van der Waals surface area contributed by atoms with Crippen molar-refractivity contribution in [2.75, 3.05) is 12.4 Å². The van der Waals surface area contributed by atoms with Crippen LogP contribution in [0.1, 0.15) is 5.56 Å². The number of halogens is 1. The van der Waals surface area contributed by atoms with Crippen molar-refractivity contribution < 1.29 is 13.9 Å². The highest BCUT2D eigenvalue weighted by molar-refractivity contribution is 6.31. The van der Waals surface area contributed by atoms with Gasteiger partial charge in [-0.2, -0.15) is 5.26 Å². The Kier molecular flexibility index (Phi) is 5.69. The topological polar surface area (TPSA) is 88.1 Å². The summed E-state index contributed by atoms with van der Waals surface area (Å²) in [7, 11) is 1.57. The molecule has 0 aliphatic rings. The zero-order chi connectivity index (χ0) is 21.8. The molecule has 1 heterocycles. The molecular formula is C24H16ClN3O3. The van der Waals surface area contributed by atoms with Crippen molar-refractivity contribution in [3.63, 3.8) is 0 Å². The van der Waals surface area contributed by atoms with Crippen molar-refractivity contribution >= 4 is 40.4 Å². The van der Waals surface area contributed by atoms with Crippen molar-refractivity contribution in [1.82, 2.24) is 4.98 Å². The fraction of sp³-hybridized carbons (Fsp3) is 0.0417. The summed E-state index contributed by atoms with van der Waals surface area (Å²) in [6, 6.07) is 21.2. The molecule has 0 fully saturated rings. The molecule has 7 heteroatoms. The molecule has 152 valence electrons. The van der Waals surface area contributed by atoms with Gasteiger partial charge in [0.15, 0.2) is 5.58 Å². The number of anilines is 1. The lowest BCUT2D eigenvalue weighted by Crippen LogP contribution is -2.14. The first kappa shape index (κ1) is 20.2. The lowest BCUT2D eigenvalue weighted by atomic mass is 10.1. The van der Waals surface area contributed by atoms with E-state index in [0.717, 1.165) is 0 Å². The lowest BCUT2D eigenvalue weighted by Gasteiger charge is -2.08. The fourth-order valence-corrected chi connectivity index (χ4v) is 3.17. The van der Waals surface area contributed by atoms with E-state index in [1.54, 1.807) is 67.8 Å². The van der Waals surface area contributed by atoms with Crippen LogP contribution in [0.3, 0.4) is 0 Å². The van der Waals surface area contributed by atoms with Gasteiger partial charge in [-0.1, -0.05) is 35.9 Å². The molecule has 4 aromatic rings. The van der Waals surface area contributed by atoms with Crippen molar-refractivity contribution in [3.8, 4) is 23.3 Å². The van der Waals surface area contributed by atoms with Gasteiger partial charge >= 0.3 is 0 Å². The predicted molar refractivity (Wildman–Crippen MR) is 120 cm³/mol. The molecule has 0 saturated carbocycles. The Morgan fingerprint density at radius 1 is 1.16 bits per heavy atom. The number of oxazole rings is 1. The Hall–Kier alpha value is -4.08. The van der Waals surface area contributed by atoms with E-state index >= 15 is 0 Å². The zero-order valence-electron chi connectivity index (χ0n) is 16.4. The average molecular weight is 430 g/mol. The molecule has 1 aromatic heterocycles. The Balaban J connectivity index is 1.63. The second kappa shape index (κ2) is 8.74. The normalized spacial score (nSPS) is 11.2. The minimum Gasteiger partial charge on any atom is -0.497 e. The van der Waals surface area contributed by atoms with Gasteiger partial charge in [0.25, 0.3) is 5.91 Å². The summed E-state index contributed by atoms with van der Waals surface area (Å²) in [6.45, 7) is 0. The van der Waals surface area contributed by atoms with E-state index < -0.39 is 5.91 Å². The Morgan fingerprint density at radius 2 is 1.94 bits per heavy atom. The fourth-order valence-electron chi connectivity index (χ4n) is 3.00. The summed E-state index contributed by atoms with van der Waals surface area (Å²) in [6.07, 6.45) is 1.51. The summed E-state index contributed by atoms with van der Waals surface area (Å²) in [5.74, 6) is 0.490. The molecule has 0 atom stereocenters. The van der Waals surface area contributed by atoms with Crippen LogP contribution in [0.15, 0.2) is 76.7 Å². The Morgan fingerprint density at radius 3 is 2.68 bits per heavy atom. The van der Waals surface area contributed by atoms with E-state index in [4.69, 9.17) is 20.8 Å². The number of methoxy groups -OCH3 is 1. The van der Waals surface area contributed by atoms with Crippen LogP contribution in [0.25, 0.3) is 28.6 Å². The maximum atomic E-state index is 12.8. The highest BCUT2D eigenvalue weighted by Gasteiger charge is 2.16. The van der Waals surface area contributed by atoms with E-state index in [0.29, 0.717) is 44.6 Å². The third kappa shape index (κ3) is 4.42. The summed E-state index contributed by atoms with van der Waals surface area (Å²) < 4.78 is 10.9. The number of nitrogens with one attached hydrogen (secondary N) is 1. The number of ether oxygens (including phenoxy) is 1. The minimum absolute atomic E-state index is 0.0377. The number of hydrogen-bond donors (Lipinski definition) is 1. The highest BCUT2D eigenvalue weighted by Crippen LogP contribution is 2.31. The van der Waals surface area contributed by atoms with Gasteiger partial charge in [-0.3, -0.25) is 4.79 Å². The van der Waals surface area contributed by atoms with E-state index in [2.05, 4.69) is 10.3 Å². The molecule has 0 unspecified atom stereocenters. The molecule has 3 aromatic carbocycles. The molecule has 6 nitrogen and oxygen atoms in total. The number of para-hydroxylation sites is 1. The number of amides is 1. The number of hydrogen-bond acceptors (Lipinski definition) is 5. The molecule has 0 spiro atoms. The molecule has 0 bridgehead atoms. The Labute approximate surface area is 183 Å². The number of aromatic nitrogens is 1. The molecule has 0 saturated heterocycles. The zero-order valence-corrected chi connectivity index (χ0v) is 17.2. The lowest BCUT2D eigenvalue weighted by molar-refractivity contribution is -0.112. The van der Waals surface area contributed by atoms with Crippen molar-refractivity contribution in [1.29, 1.82) is 5.26 Å². The Bertz CT molecular complexity index is 1330. The van der Waals surface area contributed by atoms with Gasteiger partial charge in [0.2, 0.25) is 5.89 Å². The molecule has 0 aliphatic heterocycles. The number of rotatable bonds is 5. The minimum atomic E-state index is -0.537. The number of carbonyl (C=O) groups is 1. The maximum absolute atomic E-state index is 12.8. The van der Waals surface area contributed by atoms with Crippen LogP contribution in [0.5, 0.6) is 5.75 Å². The molecule has 4 rings (SSSR count). The van der Waals surface area contributed by atoms with Crippen LogP contribution in [-0.4, -0.2) is 18.0 Å². The van der Waals surface area contributed by atoms with Gasteiger partial charge in [0.05, 0.1) is 18.4 Å². The van der Waals surface area contributed by atoms with Crippen LogP contribution in [-0.2, 0) is 4.79 Å². The van der Waals surface area contributed by atoms with Gasteiger partial charge in [0, 0.05) is 5.02 Å². The van der Waals surface area contributed by atoms with Crippen LogP contribution in [0, 0.1) is 11.3 Å². The van der Waals surface area contributed by atoms with Crippen LogP contribution in [0.4, 0.5) is 5.69 Å². The number of benzene rings is 3. The van der Waals surface area contributed by atoms with Crippen molar-refractivity contribution in [2.45, 2.75) is 0 Å². The predicted octanol–water partition coefficient (Wildman–Crippen LogP) is 5.70. The molecule has 1 amide bonds. The first-order chi connectivity index (χ1) is 15.1. The van der Waals surface area contributed by atoms with Gasteiger partial charge < -0.3 is 14.5 Å². The SMILES string of the molecule is COc1ccc(C=C(C#N)C(=O)Nc2ccccc2-c2nc3cc(Cl)ccc3o2)cc1. The van der Waals surface area contributed by atoms with Gasteiger partial charge in [0.1, 0.15) is 22.9 Å². The molecular weight excluding hydrogens is 414 g/mol. The summed E-state index contributed by atoms with van der Waals surface area (Å²) in [5.41, 5.74) is 2.92. The van der Waals surface area contributed by atoms with Crippen LogP contribution in [0.2, 0.25) is 5.02 Å². The highest BCUT2D eigenvalue weighted by atomic mass is 35.5. The third-order valence-electron chi connectivity index (χ3n) is 4.55. The number of fused-ring (bicyclic) bond motifs is 1. The quantitative estimate of drug-likeness (QED) is 0.324.